The van der Waals surface area contributed by atoms with Crippen molar-refractivity contribution in [3.8, 4) is 17.2 Å². The normalized spacial score (nSPS) is 11.8. The highest BCUT2D eigenvalue weighted by Crippen LogP contribution is 2.28. The van der Waals surface area contributed by atoms with Gasteiger partial charge in [-0.25, -0.2) is 8.42 Å². The molecule has 2 amide bonds. The molecule has 4 rings (SSSR count). The summed E-state index contributed by atoms with van der Waals surface area (Å²) in [5.41, 5.74) is 0.991. The second kappa shape index (κ2) is 14.6. The third-order valence-electron chi connectivity index (χ3n) is 6.80. The Hall–Kier alpha value is -4.83. The van der Waals surface area contributed by atoms with Crippen molar-refractivity contribution < 1.29 is 27.5 Å². The number of ether oxygens (including phenoxy) is 2. The van der Waals surface area contributed by atoms with Crippen molar-refractivity contribution in [2.45, 2.75) is 44.3 Å². The molecule has 0 heterocycles. The Balaban J connectivity index is 1.70. The number of methoxy groups -OCH3 is 1. The smallest absolute Gasteiger partial charge is 0.264 e. The van der Waals surface area contributed by atoms with Gasteiger partial charge in [-0.15, -0.1) is 0 Å². The molecule has 1 N–H and O–H groups in total. The molecule has 44 heavy (non-hydrogen) atoms. The topological polar surface area (TPSA) is 105 Å². The average Bonchev–Trinajstić information content (AvgIpc) is 3.03. The number of carbonyl (C=O) groups is 2. The summed E-state index contributed by atoms with van der Waals surface area (Å²) in [4.78, 5) is 28.6. The van der Waals surface area contributed by atoms with Crippen molar-refractivity contribution in [3.05, 3.63) is 115 Å². The number of hydrogen-bond donors (Lipinski definition) is 1. The number of anilines is 1. The summed E-state index contributed by atoms with van der Waals surface area (Å²) in [7, 11) is -2.63. The van der Waals surface area contributed by atoms with E-state index in [0.717, 1.165) is 9.87 Å². The predicted octanol–water partition coefficient (Wildman–Crippen LogP) is 5.62. The van der Waals surface area contributed by atoms with Gasteiger partial charge in [0.2, 0.25) is 11.8 Å². The Morgan fingerprint density at radius 2 is 1.36 bits per heavy atom. The Bertz CT molecular complexity index is 1650. The second-order valence-corrected chi connectivity index (χ2v) is 12.3. The predicted molar refractivity (Wildman–Crippen MR) is 170 cm³/mol. The van der Waals surface area contributed by atoms with Crippen LogP contribution in [0.1, 0.15) is 26.3 Å². The molecule has 0 aliphatic rings. The molecule has 0 spiro atoms. The Morgan fingerprint density at radius 3 is 1.98 bits per heavy atom. The zero-order valence-electron chi connectivity index (χ0n) is 25.2. The van der Waals surface area contributed by atoms with Gasteiger partial charge in [0.05, 0.1) is 17.7 Å². The minimum atomic E-state index is -4.18. The molecule has 0 saturated carbocycles. The van der Waals surface area contributed by atoms with Crippen LogP contribution in [0.15, 0.2) is 114 Å². The van der Waals surface area contributed by atoms with Crippen LogP contribution in [-0.2, 0) is 26.2 Å². The van der Waals surface area contributed by atoms with Crippen LogP contribution in [0, 0.1) is 0 Å². The highest BCUT2D eigenvalue weighted by atomic mass is 32.2. The average molecular weight is 616 g/mol. The van der Waals surface area contributed by atoms with Crippen molar-refractivity contribution in [2.75, 3.05) is 18.0 Å². The van der Waals surface area contributed by atoms with Gasteiger partial charge in [-0.2, -0.15) is 0 Å². The number of benzene rings is 4. The van der Waals surface area contributed by atoms with E-state index >= 15 is 0 Å². The Kier molecular flexibility index (Phi) is 10.6. The van der Waals surface area contributed by atoms with E-state index in [9.17, 15) is 18.0 Å². The molecule has 0 aliphatic carbocycles. The van der Waals surface area contributed by atoms with E-state index in [-0.39, 0.29) is 29.1 Å². The number of nitrogens with zero attached hydrogens (tertiary/aromatic N) is 2. The summed E-state index contributed by atoms with van der Waals surface area (Å²) in [6.07, 6.45) is 0. The number of amides is 2. The van der Waals surface area contributed by atoms with Crippen LogP contribution in [0.3, 0.4) is 0 Å². The van der Waals surface area contributed by atoms with Crippen LogP contribution in [0.5, 0.6) is 17.2 Å². The first kappa shape index (κ1) is 32.1. The molecule has 230 valence electrons. The molecule has 1 atom stereocenters. The quantitative estimate of drug-likeness (QED) is 0.209. The van der Waals surface area contributed by atoms with E-state index in [2.05, 4.69) is 5.32 Å². The maximum Gasteiger partial charge on any atom is 0.264 e. The summed E-state index contributed by atoms with van der Waals surface area (Å²) in [5, 5.41) is 2.85. The number of sulfonamides is 1. The molecular formula is C34H37N3O6S. The van der Waals surface area contributed by atoms with Gasteiger partial charge in [-0.3, -0.25) is 13.9 Å². The maximum atomic E-state index is 14.1. The van der Waals surface area contributed by atoms with Gasteiger partial charge >= 0.3 is 0 Å². The lowest BCUT2D eigenvalue weighted by Gasteiger charge is -2.32. The number of para-hydroxylation sites is 1. The molecule has 10 heteroatoms. The van der Waals surface area contributed by atoms with E-state index in [0.29, 0.717) is 17.2 Å². The number of hydrogen-bond acceptors (Lipinski definition) is 6. The van der Waals surface area contributed by atoms with Crippen LogP contribution in [0.4, 0.5) is 5.69 Å². The number of nitrogens with one attached hydrogen (secondary N) is 1. The van der Waals surface area contributed by atoms with Gasteiger partial charge in [-0.05, 0) is 87.0 Å². The molecule has 4 aromatic carbocycles. The summed E-state index contributed by atoms with van der Waals surface area (Å²) >= 11 is 0. The number of rotatable bonds is 13. The Morgan fingerprint density at radius 1 is 0.773 bits per heavy atom. The van der Waals surface area contributed by atoms with Crippen LogP contribution in [0.2, 0.25) is 0 Å². The molecule has 1 unspecified atom stereocenters. The van der Waals surface area contributed by atoms with Gasteiger partial charge < -0.3 is 19.7 Å². The maximum absolute atomic E-state index is 14.1. The van der Waals surface area contributed by atoms with Crippen LogP contribution in [-0.4, -0.2) is 50.9 Å². The van der Waals surface area contributed by atoms with E-state index < -0.39 is 28.5 Å². The first-order chi connectivity index (χ1) is 21.1. The Labute approximate surface area is 259 Å². The summed E-state index contributed by atoms with van der Waals surface area (Å²) in [6, 6.07) is 29.7. The van der Waals surface area contributed by atoms with Crippen LogP contribution >= 0.6 is 0 Å². The summed E-state index contributed by atoms with van der Waals surface area (Å²) in [5.74, 6) is 0.827. The monoisotopic (exact) mass is 615 g/mol. The van der Waals surface area contributed by atoms with Crippen molar-refractivity contribution >= 4 is 27.5 Å². The molecule has 4 aromatic rings. The second-order valence-electron chi connectivity index (χ2n) is 10.4. The molecule has 0 fully saturated rings. The van der Waals surface area contributed by atoms with E-state index in [1.165, 1.54) is 17.0 Å². The van der Waals surface area contributed by atoms with E-state index in [1.54, 1.807) is 74.7 Å². The van der Waals surface area contributed by atoms with Crippen molar-refractivity contribution in [3.63, 3.8) is 0 Å². The van der Waals surface area contributed by atoms with Gasteiger partial charge in [0, 0.05) is 12.6 Å². The fourth-order valence-corrected chi connectivity index (χ4v) is 5.94. The van der Waals surface area contributed by atoms with E-state index in [4.69, 9.17) is 9.47 Å². The van der Waals surface area contributed by atoms with Crippen molar-refractivity contribution in [1.82, 2.24) is 10.2 Å². The first-order valence-electron chi connectivity index (χ1n) is 14.2. The summed E-state index contributed by atoms with van der Waals surface area (Å²) < 4.78 is 40.2. The zero-order valence-corrected chi connectivity index (χ0v) is 26.0. The third-order valence-corrected chi connectivity index (χ3v) is 8.59. The number of carbonyl (C=O) groups excluding carboxylic acids is 2. The minimum absolute atomic E-state index is 0.0300. The third kappa shape index (κ3) is 8.17. The van der Waals surface area contributed by atoms with Gasteiger partial charge in [-0.1, -0.05) is 48.5 Å². The van der Waals surface area contributed by atoms with Gasteiger partial charge in [0.15, 0.2) is 0 Å². The van der Waals surface area contributed by atoms with Crippen LogP contribution < -0.4 is 19.1 Å². The highest BCUT2D eigenvalue weighted by molar-refractivity contribution is 7.92. The highest BCUT2D eigenvalue weighted by Gasteiger charge is 2.32. The van der Waals surface area contributed by atoms with Crippen molar-refractivity contribution in [1.29, 1.82) is 0 Å². The molecular weight excluding hydrogens is 578 g/mol. The lowest BCUT2D eigenvalue weighted by atomic mass is 10.1. The SMILES string of the molecule is COc1cccc(CN(C(=O)CN(c2ccc(Oc3ccccc3)cc2)S(=O)(=O)c2ccccc2)C(C)C(=O)NC(C)C)c1. The lowest BCUT2D eigenvalue weighted by Crippen LogP contribution is -2.52. The standard InChI is InChI=1S/C34H37N3O6S/c1-25(2)35-34(39)26(3)36(23-27-12-11-15-31(22-27)42-4)33(38)24-37(44(40,41)32-16-9-6-10-17-32)28-18-20-30(21-19-28)43-29-13-7-5-8-14-29/h5-22,25-26H,23-24H2,1-4H3,(H,35,39). The fraction of sp³-hybridized carbons (Fsp3) is 0.235. The molecule has 0 aromatic heterocycles. The van der Waals surface area contributed by atoms with Gasteiger partial charge in [0.25, 0.3) is 10.0 Å². The minimum Gasteiger partial charge on any atom is -0.497 e. The molecule has 9 nitrogen and oxygen atoms in total. The summed E-state index contributed by atoms with van der Waals surface area (Å²) in [6.45, 7) is 4.81. The van der Waals surface area contributed by atoms with E-state index in [1.807, 2.05) is 50.2 Å². The largest absolute Gasteiger partial charge is 0.497 e. The molecule has 0 bridgehead atoms. The molecule has 0 saturated heterocycles. The fourth-order valence-electron chi connectivity index (χ4n) is 4.51. The molecule has 0 aliphatic heterocycles. The lowest BCUT2D eigenvalue weighted by molar-refractivity contribution is -0.139. The first-order valence-corrected chi connectivity index (χ1v) is 15.7. The molecule has 0 radical (unpaired) electrons. The van der Waals surface area contributed by atoms with Crippen LogP contribution in [0.25, 0.3) is 0 Å². The van der Waals surface area contributed by atoms with Gasteiger partial charge in [0.1, 0.15) is 29.8 Å². The van der Waals surface area contributed by atoms with Crippen molar-refractivity contribution in [2.24, 2.45) is 0 Å². The zero-order chi connectivity index (χ0) is 31.7.